The van der Waals surface area contributed by atoms with Gasteiger partial charge in [0.1, 0.15) is 16.9 Å². The summed E-state index contributed by atoms with van der Waals surface area (Å²) in [7, 11) is 0. The van der Waals surface area contributed by atoms with E-state index in [4.69, 9.17) is 14.2 Å². The molecule has 0 radical (unpaired) electrons. The summed E-state index contributed by atoms with van der Waals surface area (Å²) < 4.78 is 16.1. The first-order valence-electron chi connectivity index (χ1n) is 11.0. The third kappa shape index (κ3) is 6.29. The van der Waals surface area contributed by atoms with Crippen LogP contribution in [0.3, 0.4) is 0 Å². The van der Waals surface area contributed by atoms with Gasteiger partial charge in [-0.1, -0.05) is 40.0 Å². The van der Waals surface area contributed by atoms with Crippen molar-refractivity contribution in [2.24, 2.45) is 0 Å². The molecule has 0 saturated heterocycles. The van der Waals surface area contributed by atoms with E-state index in [1.54, 1.807) is 6.92 Å². The molecule has 0 spiro atoms. The fourth-order valence-corrected chi connectivity index (χ4v) is 3.00. The third-order valence-electron chi connectivity index (χ3n) is 4.72. The minimum Gasteiger partial charge on any atom is -0.462 e. The molecule has 2 aromatic rings. The molecule has 1 N–H and O–H groups in total. The Kier molecular flexibility index (Phi) is 9.49. The van der Waals surface area contributed by atoms with E-state index in [1.165, 1.54) is 6.07 Å². The summed E-state index contributed by atoms with van der Waals surface area (Å²) in [5.41, 5.74) is 0.468. The van der Waals surface area contributed by atoms with Crippen molar-refractivity contribution in [2.75, 3.05) is 19.8 Å². The quantitative estimate of drug-likeness (QED) is 0.293. The summed E-state index contributed by atoms with van der Waals surface area (Å²) in [5.74, 6) is -1.62. The van der Waals surface area contributed by atoms with Gasteiger partial charge in [0, 0.05) is 0 Å². The fourth-order valence-electron chi connectivity index (χ4n) is 3.00. The molecule has 0 bridgehead atoms. The summed E-state index contributed by atoms with van der Waals surface area (Å²) >= 11 is 0. The van der Waals surface area contributed by atoms with Crippen LogP contribution < -0.4 is 0 Å². The first-order valence-corrected chi connectivity index (χ1v) is 11.0. The standard InChI is InChI=1S/C23H32N2O6/c1-5-8-11-29-21(26)16-14-17-20(25-15(4)24-17)19(23(28)31-13-10-7-3)18(16)22(27)30-12-9-6-2/h14H,5-13H2,1-4H3,(H,24,25). The van der Waals surface area contributed by atoms with Crippen LogP contribution in [0.2, 0.25) is 0 Å². The third-order valence-corrected chi connectivity index (χ3v) is 4.72. The number of hydrogen-bond donors (Lipinski definition) is 1. The van der Waals surface area contributed by atoms with Gasteiger partial charge in [-0.3, -0.25) is 0 Å². The highest BCUT2D eigenvalue weighted by molar-refractivity contribution is 6.16. The predicted molar refractivity (Wildman–Crippen MR) is 116 cm³/mol. The average molecular weight is 433 g/mol. The van der Waals surface area contributed by atoms with Gasteiger partial charge in [-0.15, -0.1) is 0 Å². The van der Waals surface area contributed by atoms with E-state index >= 15 is 0 Å². The van der Waals surface area contributed by atoms with E-state index in [0.29, 0.717) is 30.6 Å². The van der Waals surface area contributed by atoms with Crippen LogP contribution in [0.4, 0.5) is 0 Å². The van der Waals surface area contributed by atoms with Crippen molar-refractivity contribution in [3.8, 4) is 0 Å². The topological polar surface area (TPSA) is 108 Å². The molecule has 1 aromatic carbocycles. The SMILES string of the molecule is CCCCOC(=O)c1cc2[nH]c(C)nc2c(C(=O)OCCCC)c1C(=O)OCCCC. The lowest BCUT2D eigenvalue weighted by atomic mass is 9.98. The van der Waals surface area contributed by atoms with Crippen molar-refractivity contribution in [1.82, 2.24) is 9.97 Å². The summed E-state index contributed by atoms with van der Waals surface area (Å²) in [4.78, 5) is 46.2. The van der Waals surface area contributed by atoms with E-state index in [0.717, 1.165) is 19.3 Å². The van der Waals surface area contributed by atoms with E-state index in [-0.39, 0.29) is 42.0 Å². The number of fused-ring (bicyclic) bond motifs is 1. The Morgan fingerprint density at radius 3 is 1.81 bits per heavy atom. The van der Waals surface area contributed by atoms with Gasteiger partial charge in [-0.25, -0.2) is 19.4 Å². The van der Waals surface area contributed by atoms with Crippen LogP contribution in [0.5, 0.6) is 0 Å². The lowest BCUT2D eigenvalue weighted by Gasteiger charge is -2.14. The number of esters is 3. The van der Waals surface area contributed by atoms with Crippen LogP contribution in [-0.4, -0.2) is 47.7 Å². The smallest absolute Gasteiger partial charge is 0.341 e. The number of aromatic amines is 1. The van der Waals surface area contributed by atoms with Crippen molar-refractivity contribution in [3.05, 3.63) is 28.6 Å². The van der Waals surface area contributed by atoms with Gasteiger partial charge in [-0.05, 0) is 32.3 Å². The largest absolute Gasteiger partial charge is 0.462 e. The molecule has 0 aliphatic carbocycles. The average Bonchev–Trinajstić information content (AvgIpc) is 3.12. The number of carbonyl (C=O) groups is 3. The van der Waals surface area contributed by atoms with Crippen LogP contribution in [0.25, 0.3) is 11.0 Å². The maximum Gasteiger partial charge on any atom is 0.341 e. The van der Waals surface area contributed by atoms with E-state index < -0.39 is 17.9 Å². The van der Waals surface area contributed by atoms with Crippen molar-refractivity contribution >= 4 is 28.9 Å². The van der Waals surface area contributed by atoms with Gasteiger partial charge in [-0.2, -0.15) is 0 Å². The molecule has 8 heteroatoms. The number of ether oxygens (including phenoxy) is 3. The number of carbonyl (C=O) groups excluding carboxylic acids is 3. The first-order chi connectivity index (χ1) is 14.9. The fraction of sp³-hybridized carbons (Fsp3) is 0.565. The second-order valence-corrected chi connectivity index (χ2v) is 7.36. The van der Waals surface area contributed by atoms with E-state index in [2.05, 4.69) is 9.97 Å². The van der Waals surface area contributed by atoms with Crippen molar-refractivity contribution in [3.63, 3.8) is 0 Å². The predicted octanol–water partition coefficient (Wildman–Crippen LogP) is 4.74. The Labute approximate surface area is 182 Å². The zero-order valence-electron chi connectivity index (χ0n) is 18.8. The number of nitrogens with zero attached hydrogens (tertiary/aromatic N) is 1. The van der Waals surface area contributed by atoms with Crippen LogP contribution in [0, 0.1) is 6.92 Å². The number of rotatable bonds is 12. The second kappa shape index (κ2) is 12.1. The number of unbranched alkanes of at least 4 members (excludes halogenated alkanes) is 3. The number of nitrogens with one attached hydrogen (secondary N) is 1. The molecule has 0 unspecified atom stereocenters. The molecule has 0 fully saturated rings. The molecular weight excluding hydrogens is 400 g/mol. The van der Waals surface area contributed by atoms with Gasteiger partial charge in [0.2, 0.25) is 0 Å². The van der Waals surface area contributed by atoms with Gasteiger partial charge in [0.15, 0.2) is 0 Å². The van der Waals surface area contributed by atoms with Crippen LogP contribution in [0.15, 0.2) is 6.07 Å². The molecule has 1 heterocycles. The second-order valence-electron chi connectivity index (χ2n) is 7.36. The van der Waals surface area contributed by atoms with Crippen molar-refractivity contribution < 1.29 is 28.6 Å². The molecule has 8 nitrogen and oxygen atoms in total. The molecule has 0 aliphatic rings. The van der Waals surface area contributed by atoms with Gasteiger partial charge < -0.3 is 19.2 Å². The summed E-state index contributed by atoms with van der Waals surface area (Å²) in [6.07, 6.45) is 4.58. The Bertz CT molecular complexity index is 918. The van der Waals surface area contributed by atoms with Gasteiger partial charge in [0.25, 0.3) is 0 Å². The number of aryl methyl sites for hydroxylation is 1. The number of aromatic nitrogens is 2. The Balaban J connectivity index is 2.60. The minimum atomic E-state index is -0.763. The van der Waals surface area contributed by atoms with E-state index in [9.17, 15) is 14.4 Å². The molecule has 0 amide bonds. The summed E-state index contributed by atoms with van der Waals surface area (Å²) in [6, 6.07) is 1.49. The highest BCUT2D eigenvalue weighted by Crippen LogP contribution is 2.28. The number of H-pyrrole nitrogens is 1. The Morgan fingerprint density at radius 1 is 0.806 bits per heavy atom. The first kappa shape index (κ1) is 24.4. The normalized spacial score (nSPS) is 10.8. The lowest BCUT2D eigenvalue weighted by molar-refractivity contribution is 0.0433. The molecule has 0 aliphatic heterocycles. The van der Waals surface area contributed by atoms with Crippen LogP contribution in [-0.2, 0) is 14.2 Å². The molecular formula is C23H32N2O6. The Morgan fingerprint density at radius 2 is 1.29 bits per heavy atom. The molecule has 1 aromatic heterocycles. The molecule has 170 valence electrons. The van der Waals surface area contributed by atoms with Crippen LogP contribution in [0.1, 0.15) is 96.2 Å². The summed E-state index contributed by atoms with van der Waals surface area (Å²) in [6.45, 7) is 8.26. The zero-order valence-corrected chi connectivity index (χ0v) is 18.8. The Hall–Kier alpha value is -2.90. The number of hydrogen-bond acceptors (Lipinski definition) is 7. The maximum absolute atomic E-state index is 13.0. The number of imidazole rings is 1. The molecule has 0 saturated carbocycles. The highest BCUT2D eigenvalue weighted by Gasteiger charge is 2.31. The minimum absolute atomic E-state index is 0.0313. The van der Waals surface area contributed by atoms with Crippen molar-refractivity contribution in [2.45, 2.75) is 66.2 Å². The molecule has 31 heavy (non-hydrogen) atoms. The highest BCUT2D eigenvalue weighted by atomic mass is 16.5. The summed E-state index contributed by atoms with van der Waals surface area (Å²) in [5, 5.41) is 0. The van der Waals surface area contributed by atoms with Gasteiger partial charge in [0.05, 0.1) is 36.5 Å². The van der Waals surface area contributed by atoms with Crippen molar-refractivity contribution in [1.29, 1.82) is 0 Å². The molecule has 2 rings (SSSR count). The van der Waals surface area contributed by atoms with E-state index in [1.807, 2.05) is 20.8 Å². The monoisotopic (exact) mass is 432 g/mol. The maximum atomic E-state index is 13.0. The van der Waals surface area contributed by atoms with Crippen LogP contribution >= 0.6 is 0 Å². The zero-order chi connectivity index (χ0) is 22.8. The van der Waals surface area contributed by atoms with Gasteiger partial charge >= 0.3 is 17.9 Å². The molecule has 0 atom stereocenters. The number of benzene rings is 1. The lowest BCUT2D eigenvalue weighted by Crippen LogP contribution is -2.21.